The molecule has 6 nitrogen and oxygen atoms in total. The van der Waals surface area contributed by atoms with Crippen molar-refractivity contribution in [2.24, 2.45) is 11.8 Å². The number of rotatable bonds is 7. The van der Waals surface area contributed by atoms with Gasteiger partial charge in [-0.25, -0.2) is 0 Å². The van der Waals surface area contributed by atoms with E-state index in [1.807, 2.05) is 13.8 Å². The summed E-state index contributed by atoms with van der Waals surface area (Å²) in [4.78, 5) is 12.5. The van der Waals surface area contributed by atoms with Gasteiger partial charge in [0.1, 0.15) is 0 Å². The number of amides is 1. The molecule has 3 N–H and O–H groups in total. The fraction of sp³-hybridized carbons (Fsp3) is 0.619. The van der Waals surface area contributed by atoms with Gasteiger partial charge in [-0.3, -0.25) is 15.6 Å². The number of carbonyl (C=O) groups excluding carboxylic acids is 1. The standard InChI is InChI=1S/C21H33N3O3S/c1-5-12-27-18-11-10-16(13-19(18)26-6-2)20(25)23-24-21(28)22-17-9-7-8-14(3)15(17)4/h10-11,13-15,17H,5-9,12H2,1-4H3,(H,23,25)(H2,22,24,28)/t14-,15-,17-/m0/s1. The van der Waals surface area contributed by atoms with Gasteiger partial charge in [-0.1, -0.05) is 33.6 Å². The van der Waals surface area contributed by atoms with E-state index in [-0.39, 0.29) is 5.91 Å². The number of thiocarbonyl (C=S) groups is 1. The summed E-state index contributed by atoms with van der Waals surface area (Å²) in [5.41, 5.74) is 5.94. The first-order valence-corrected chi connectivity index (χ1v) is 10.6. The molecule has 1 amide bonds. The molecule has 0 heterocycles. The molecule has 3 atom stereocenters. The number of nitrogens with one attached hydrogen (secondary N) is 3. The SMILES string of the molecule is CCCOc1ccc(C(=O)NNC(=S)N[C@H]2CCC[C@H](C)[C@@H]2C)cc1OCC. The van der Waals surface area contributed by atoms with Crippen molar-refractivity contribution in [3.63, 3.8) is 0 Å². The first kappa shape index (κ1) is 22.3. The maximum Gasteiger partial charge on any atom is 0.269 e. The minimum absolute atomic E-state index is 0.280. The van der Waals surface area contributed by atoms with Crippen molar-refractivity contribution in [2.75, 3.05) is 13.2 Å². The van der Waals surface area contributed by atoms with Crippen LogP contribution in [0.5, 0.6) is 11.5 Å². The number of benzene rings is 1. The maximum absolute atomic E-state index is 12.5. The third-order valence-corrected chi connectivity index (χ3v) is 5.50. The third-order valence-electron chi connectivity index (χ3n) is 5.28. The molecule has 1 fully saturated rings. The molecule has 0 radical (unpaired) electrons. The third kappa shape index (κ3) is 6.26. The lowest BCUT2D eigenvalue weighted by Crippen LogP contribution is -2.52. The van der Waals surface area contributed by atoms with Crippen molar-refractivity contribution in [3.8, 4) is 11.5 Å². The van der Waals surface area contributed by atoms with E-state index in [1.165, 1.54) is 12.8 Å². The normalized spacial score (nSPS) is 21.5. The Morgan fingerprint density at radius 1 is 1.14 bits per heavy atom. The Hall–Kier alpha value is -2.02. The van der Waals surface area contributed by atoms with Crippen LogP contribution in [0.15, 0.2) is 18.2 Å². The molecule has 1 saturated carbocycles. The van der Waals surface area contributed by atoms with Crippen LogP contribution in [0.1, 0.15) is 63.7 Å². The Labute approximate surface area is 173 Å². The largest absolute Gasteiger partial charge is 0.490 e. The minimum atomic E-state index is -0.280. The molecule has 2 rings (SSSR count). The van der Waals surface area contributed by atoms with Crippen molar-refractivity contribution in [1.29, 1.82) is 0 Å². The minimum Gasteiger partial charge on any atom is -0.490 e. The monoisotopic (exact) mass is 407 g/mol. The Bertz CT molecular complexity index is 668. The summed E-state index contributed by atoms with van der Waals surface area (Å²) in [5.74, 6) is 2.15. The average molecular weight is 408 g/mol. The predicted octanol–water partition coefficient (Wildman–Crippen LogP) is 3.81. The van der Waals surface area contributed by atoms with E-state index < -0.39 is 0 Å². The molecule has 0 saturated heterocycles. The fourth-order valence-corrected chi connectivity index (χ4v) is 3.63. The first-order valence-electron chi connectivity index (χ1n) is 10.2. The lowest BCUT2D eigenvalue weighted by Gasteiger charge is -2.35. The topological polar surface area (TPSA) is 71.6 Å². The zero-order chi connectivity index (χ0) is 20.5. The van der Waals surface area contributed by atoms with E-state index in [9.17, 15) is 4.79 Å². The quantitative estimate of drug-likeness (QED) is 0.472. The average Bonchev–Trinajstić information content (AvgIpc) is 2.69. The highest BCUT2D eigenvalue weighted by molar-refractivity contribution is 7.80. The molecule has 1 aromatic carbocycles. The van der Waals surface area contributed by atoms with Crippen molar-refractivity contribution >= 4 is 23.2 Å². The van der Waals surface area contributed by atoms with Crippen LogP contribution in [0.3, 0.4) is 0 Å². The summed E-state index contributed by atoms with van der Waals surface area (Å²) in [6.45, 7) is 9.57. The van der Waals surface area contributed by atoms with Gasteiger partial charge in [-0.2, -0.15) is 0 Å². The van der Waals surface area contributed by atoms with E-state index in [4.69, 9.17) is 21.7 Å². The number of hydrogen-bond donors (Lipinski definition) is 3. The summed E-state index contributed by atoms with van der Waals surface area (Å²) in [6.07, 6.45) is 4.46. The number of carbonyl (C=O) groups is 1. The number of ether oxygens (including phenoxy) is 2. The molecule has 1 aliphatic carbocycles. The summed E-state index contributed by atoms with van der Waals surface area (Å²) in [7, 11) is 0. The zero-order valence-electron chi connectivity index (χ0n) is 17.3. The van der Waals surface area contributed by atoms with Crippen LogP contribution in [0.4, 0.5) is 0 Å². The van der Waals surface area contributed by atoms with E-state index in [0.29, 0.717) is 53.3 Å². The Balaban J connectivity index is 1.91. The highest BCUT2D eigenvalue weighted by atomic mass is 32.1. The number of hydrazine groups is 1. The number of hydrogen-bond acceptors (Lipinski definition) is 4. The lowest BCUT2D eigenvalue weighted by atomic mass is 9.78. The second-order valence-corrected chi connectivity index (χ2v) is 7.78. The molecular weight excluding hydrogens is 374 g/mol. The Morgan fingerprint density at radius 3 is 2.64 bits per heavy atom. The molecule has 0 bridgehead atoms. The first-order chi connectivity index (χ1) is 13.5. The highest BCUT2D eigenvalue weighted by Crippen LogP contribution is 2.30. The van der Waals surface area contributed by atoms with Crippen molar-refractivity contribution in [1.82, 2.24) is 16.2 Å². The van der Waals surface area contributed by atoms with Gasteiger partial charge in [0.2, 0.25) is 0 Å². The fourth-order valence-electron chi connectivity index (χ4n) is 3.42. The molecule has 156 valence electrons. The van der Waals surface area contributed by atoms with Gasteiger partial charge < -0.3 is 14.8 Å². The van der Waals surface area contributed by atoms with Gasteiger partial charge >= 0.3 is 0 Å². The Morgan fingerprint density at radius 2 is 1.93 bits per heavy atom. The summed E-state index contributed by atoms with van der Waals surface area (Å²) in [5, 5.41) is 3.77. The molecule has 1 aromatic rings. The van der Waals surface area contributed by atoms with Gasteiger partial charge in [-0.15, -0.1) is 0 Å². The Kier molecular flexibility index (Phi) is 8.83. The van der Waals surface area contributed by atoms with E-state index >= 15 is 0 Å². The predicted molar refractivity (Wildman–Crippen MR) is 116 cm³/mol. The van der Waals surface area contributed by atoms with Gasteiger partial charge in [0, 0.05) is 11.6 Å². The van der Waals surface area contributed by atoms with E-state index in [1.54, 1.807) is 18.2 Å². The van der Waals surface area contributed by atoms with Gasteiger partial charge in [0.15, 0.2) is 16.6 Å². The summed E-state index contributed by atoms with van der Waals surface area (Å²) < 4.78 is 11.3. The molecule has 0 aliphatic heterocycles. The van der Waals surface area contributed by atoms with Gasteiger partial charge in [0.25, 0.3) is 5.91 Å². The molecular formula is C21H33N3O3S. The van der Waals surface area contributed by atoms with E-state index in [2.05, 4.69) is 30.0 Å². The van der Waals surface area contributed by atoms with Crippen molar-refractivity contribution in [2.45, 2.75) is 59.4 Å². The smallest absolute Gasteiger partial charge is 0.269 e. The van der Waals surface area contributed by atoms with Crippen LogP contribution in [-0.4, -0.2) is 30.3 Å². The second kappa shape index (κ2) is 11.1. The lowest BCUT2D eigenvalue weighted by molar-refractivity contribution is 0.0942. The molecule has 7 heteroatoms. The molecule has 0 unspecified atom stereocenters. The molecule has 0 aromatic heterocycles. The van der Waals surface area contributed by atoms with Gasteiger partial charge in [0.05, 0.1) is 13.2 Å². The molecule has 0 spiro atoms. The van der Waals surface area contributed by atoms with Crippen LogP contribution >= 0.6 is 12.2 Å². The van der Waals surface area contributed by atoms with E-state index in [0.717, 1.165) is 12.8 Å². The summed E-state index contributed by atoms with van der Waals surface area (Å²) >= 11 is 5.35. The van der Waals surface area contributed by atoms with Crippen LogP contribution in [0.25, 0.3) is 0 Å². The van der Waals surface area contributed by atoms with Gasteiger partial charge in [-0.05, 0) is 62.0 Å². The second-order valence-electron chi connectivity index (χ2n) is 7.37. The maximum atomic E-state index is 12.5. The van der Waals surface area contributed by atoms with Crippen LogP contribution in [0.2, 0.25) is 0 Å². The zero-order valence-corrected chi connectivity index (χ0v) is 18.2. The van der Waals surface area contributed by atoms with Crippen LogP contribution in [0, 0.1) is 11.8 Å². The highest BCUT2D eigenvalue weighted by Gasteiger charge is 2.27. The van der Waals surface area contributed by atoms with Crippen LogP contribution < -0.4 is 25.6 Å². The summed E-state index contributed by atoms with van der Waals surface area (Å²) in [6, 6.07) is 5.50. The van der Waals surface area contributed by atoms with Crippen molar-refractivity contribution < 1.29 is 14.3 Å². The van der Waals surface area contributed by atoms with Crippen LogP contribution in [-0.2, 0) is 0 Å². The molecule has 28 heavy (non-hydrogen) atoms. The van der Waals surface area contributed by atoms with Crippen molar-refractivity contribution in [3.05, 3.63) is 23.8 Å². The molecule has 1 aliphatic rings.